The number of hydrogen-bond acceptors (Lipinski definition) is 3. The molecule has 1 N–H and O–H groups in total. The monoisotopic (exact) mass is 365 g/mol. The summed E-state index contributed by atoms with van der Waals surface area (Å²) in [6.45, 7) is 3.78. The maximum absolute atomic E-state index is 13.1. The summed E-state index contributed by atoms with van der Waals surface area (Å²) in [5.41, 5.74) is 3.95. The topological polar surface area (TPSA) is 56.1 Å². The predicted octanol–water partition coefficient (Wildman–Crippen LogP) is 4.29. The predicted molar refractivity (Wildman–Crippen MR) is 104 cm³/mol. The van der Waals surface area contributed by atoms with Crippen molar-refractivity contribution in [2.75, 3.05) is 12.4 Å². The van der Waals surface area contributed by atoms with Gasteiger partial charge in [0.15, 0.2) is 0 Å². The van der Waals surface area contributed by atoms with Crippen LogP contribution < -0.4 is 10.1 Å². The molecule has 0 atom stereocenters. The Labute approximate surface area is 157 Å². The summed E-state index contributed by atoms with van der Waals surface area (Å²) < 4.78 is 20.0. The zero-order valence-corrected chi connectivity index (χ0v) is 15.4. The Hall–Kier alpha value is -3.41. The minimum absolute atomic E-state index is 0.242. The first-order valence-electron chi connectivity index (χ1n) is 8.43. The van der Waals surface area contributed by atoms with Gasteiger partial charge in [0.1, 0.15) is 11.6 Å². The molecule has 0 radical (unpaired) electrons. The van der Waals surface area contributed by atoms with Gasteiger partial charge < -0.3 is 10.1 Å². The summed E-state index contributed by atoms with van der Waals surface area (Å²) >= 11 is 0. The molecule has 0 fully saturated rings. The van der Waals surface area contributed by atoms with Crippen LogP contribution in [-0.2, 0) is 4.79 Å². The molecule has 27 heavy (non-hydrogen) atoms. The molecule has 1 heterocycles. The number of carbonyl (C=O) groups excluding carboxylic acids is 1. The Kier molecular flexibility index (Phi) is 5.35. The Morgan fingerprint density at radius 1 is 1.11 bits per heavy atom. The van der Waals surface area contributed by atoms with Crippen LogP contribution in [-0.4, -0.2) is 22.8 Å². The molecule has 3 rings (SSSR count). The standard InChI is InChI=1S/C21H20FN3O2/c1-14-20(15(2)25(24-14)18-8-4-16(22)5-9-18)12-13-21(26)23-17-6-10-19(27-3)11-7-17/h4-13H,1-3H3,(H,23,26). The van der Waals surface area contributed by atoms with E-state index in [0.717, 1.165) is 28.4 Å². The van der Waals surface area contributed by atoms with Crippen molar-refractivity contribution in [2.24, 2.45) is 0 Å². The highest BCUT2D eigenvalue weighted by molar-refractivity contribution is 6.02. The number of amides is 1. The Balaban J connectivity index is 1.76. The molecule has 3 aromatic rings. The molecule has 2 aromatic carbocycles. The number of aryl methyl sites for hydroxylation is 1. The molecule has 5 nitrogen and oxygen atoms in total. The van der Waals surface area contributed by atoms with Crippen molar-refractivity contribution < 1.29 is 13.9 Å². The van der Waals surface area contributed by atoms with E-state index in [1.165, 1.54) is 18.2 Å². The van der Waals surface area contributed by atoms with Crippen LogP contribution in [0.4, 0.5) is 10.1 Å². The highest BCUT2D eigenvalue weighted by atomic mass is 19.1. The Morgan fingerprint density at radius 3 is 2.41 bits per heavy atom. The van der Waals surface area contributed by atoms with E-state index in [1.54, 1.807) is 54.3 Å². The summed E-state index contributed by atoms with van der Waals surface area (Å²) in [7, 11) is 1.59. The van der Waals surface area contributed by atoms with Gasteiger partial charge in [0.25, 0.3) is 0 Å². The molecule has 0 aliphatic carbocycles. The fourth-order valence-electron chi connectivity index (χ4n) is 2.75. The van der Waals surface area contributed by atoms with Crippen molar-refractivity contribution in [3.05, 3.63) is 77.4 Å². The van der Waals surface area contributed by atoms with Gasteiger partial charge in [0, 0.05) is 23.0 Å². The van der Waals surface area contributed by atoms with Crippen LogP contribution in [0.15, 0.2) is 54.6 Å². The van der Waals surface area contributed by atoms with Crippen LogP contribution >= 0.6 is 0 Å². The number of ether oxygens (including phenoxy) is 1. The minimum atomic E-state index is -0.296. The van der Waals surface area contributed by atoms with Crippen molar-refractivity contribution in [1.29, 1.82) is 0 Å². The number of rotatable bonds is 5. The second-order valence-electron chi connectivity index (χ2n) is 6.02. The molecule has 6 heteroatoms. The summed E-state index contributed by atoms with van der Waals surface area (Å²) in [5, 5.41) is 7.29. The summed E-state index contributed by atoms with van der Waals surface area (Å²) in [6, 6.07) is 13.2. The third-order valence-electron chi connectivity index (χ3n) is 4.18. The molecule has 0 spiro atoms. The lowest BCUT2D eigenvalue weighted by Crippen LogP contribution is -2.07. The first-order chi connectivity index (χ1) is 13.0. The number of methoxy groups -OCH3 is 1. The van der Waals surface area contributed by atoms with E-state index >= 15 is 0 Å². The van der Waals surface area contributed by atoms with Crippen LogP contribution in [0.1, 0.15) is 17.0 Å². The largest absolute Gasteiger partial charge is 0.497 e. The number of anilines is 1. The summed E-state index contributed by atoms with van der Waals surface area (Å²) in [5.74, 6) is 0.187. The number of hydrogen-bond donors (Lipinski definition) is 1. The van der Waals surface area contributed by atoms with Crippen molar-refractivity contribution in [3.8, 4) is 11.4 Å². The van der Waals surface area contributed by atoms with Crippen LogP contribution in [0.25, 0.3) is 11.8 Å². The zero-order chi connectivity index (χ0) is 19.4. The minimum Gasteiger partial charge on any atom is -0.497 e. The van der Waals surface area contributed by atoms with E-state index < -0.39 is 0 Å². The average Bonchev–Trinajstić information content (AvgIpc) is 2.95. The molecular weight excluding hydrogens is 345 g/mol. The van der Waals surface area contributed by atoms with Crippen LogP contribution in [0.3, 0.4) is 0 Å². The number of nitrogens with one attached hydrogen (secondary N) is 1. The molecule has 0 bridgehead atoms. The second kappa shape index (κ2) is 7.86. The van der Waals surface area contributed by atoms with Crippen molar-refractivity contribution >= 4 is 17.7 Å². The molecule has 1 amide bonds. The third kappa shape index (κ3) is 4.23. The lowest BCUT2D eigenvalue weighted by Gasteiger charge is -2.04. The highest BCUT2D eigenvalue weighted by Gasteiger charge is 2.11. The van der Waals surface area contributed by atoms with Gasteiger partial charge in [0.05, 0.1) is 18.5 Å². The Bertz CT molecular complexity index is 974. The maximum atomic E-state index is 13.1. The highest BCUT2D eigenvalue weighted by Crippen LogP contribution is 2.20. The maximum Gasteiger partial charge on any atom is 0.248 e. The van der Waals surface area contributed by atoms with Crippen molar-refractivity contribution in [3.63, 3.8) is 0 Å². The van der Waals surface area contributed by atoms with Gasteiger partial charge in [-0.3, -0.25) is 4.79 Å². The van der Waals surface area contributed by atoms with E-state index in [-0.39, 0.29) is 11.7 Å². The van der Waals surface area contributed by atoms with Crippen molar-refractivity contribution in [1.82, 2.24) is 9.78 Å². The van der Waals surface area contributed by atoms with Gasteiger partial charge in [-0.25, -0.2) is 9.07 Å². The molecule has 138 valence electrons. The molecule has 0 aliphatic heterocycles. The molecule has 0 aliphatic rings. The lowest BCUT2D eigenvalue weighted by atomic mass is 10.2. The van der Waals surface area contributed by atoms with Gasteiger partial charge in [-0.15, -0.1) is 0 Å². The van der Waals surface area contributed by atoms with Gasteiger partial charge in [-0.1, -0.05) is 0 Å². The first-order valence-corrected chi connectivity index (χ1v) is 8.43. The van der Waals surface area contributed by atoms with E-state index in [1.807, 2.05) is 13.8 Å². The number of carbonyl (C=O) groups is 1. The normalized spacial score (nSPS) is 11.0. The van der Waals surface area contributed by atoms with Crippen LogP contribution in [0.2, 0.25) is 0 Å². The fourth-order valence-corrected chi connectivity index (χ4v) is 2.75. The smallest absolute Gasteiger partial charge is 0.248 e. The molecule has 1 aromatic heterocycles. The molecular formula is C21H20FN3O2. The van der Waals surface area contributed by atoms with Gasteiger partial charge in [-0.05, 0) is 68.5 Å². The van der Waals surface area contributed by atoms with E-state index in [2.05, 4.69) is 10.4 Å². The van der Waals surface area contributed by atoms with E-state index in [9.17, 15) is 9.18 Å². The summed E-state index contributed by atoms with van der Waals surface area (Å²) in [6.07, 6.45) is 3.20. The number of benzene rings is 2. The third-order valence-corrected chi connectivity index (χ3v) is 4.18. The number of halogens is 1. The first kappa shape index (κ1) is 18.4. The van der Waals surface area contributed by atoms with Crippen LogP contribution in [0, 0.1) is 19.7 Å². The molecule has 0 unspecified atom stereocenters. The SMILES string of the molecule is COc1ccc(NC(=O)C=Cc2c(C)nn(-c3ccc(F)cc3)c2C)cc1. The molecule has 0 saturated carbocycles. The number of aromatic nitrogens is 2. The fraction of sp³-hybridized carbons (Fsp3) is 0.143. The summed E-state index contributed by atoms with van der Waals surface area (Å²) in [4.78, 5) is 12.2. The van der Waals surface area contributed by atoms with Gasteiger partial charge in [0.2, 0.25) is 5.91 Å². The van der Waals surface area contributed by atoms with Gasteiger partial charge >= 0.3 is 0 Å². The lowest BCUT2D eigenvalue weighted by molar-refractivity contribution is -0.111. The second-order valence-corrected chi connectivity index (χ2v) is 6.02. The quantitative estimate of drug-likeness (QED) is 0.686. The van der Waals surface area contributed by atoms with Crippen LogP contribution in [0.5, 0.6) is 5.75 Å². The Morgan fingerprint density at radius 2 is 1.78 bits per heavy atom. The van der Waals surface area contributed by atoms with E-state index in [4.69, 9.17) is 4.74 Å². The molecule has 0 saturated heterocycles. The average molecular weight is 365 g/mol. The zero-order valence-electron chi connectivity index (χ0n) is 15.4. The van der Waals surface area contributed by atoms with Crippen molar-refractivity contribution in [2.45, 2.75) is 13.8 Å². The van der Waals surface area contributed by atoms with Gasteiger partial charge in [-0.2, -0.15) is 5.10 Å². The van der Waals surface area contributed by atoms with E-state index in [0.29, 0.717) is 5.69 Å². The number of nitrogens with zero attached hydrogens (tertiary/aromatic N) is 2.